The van der Waals surface area contributed by atoms with Crippen LogP contribution in [0.2, 0.25) is 0 Å². The first-order valence-electron chi connectivity index (χ1n) is 9.54. The van der Waals surface area contributed by atoms with E-state index in [4.69, 9.17) is 9.47 Å². The summed E-state index contributed by atoms with van der Waals surface area (Å²) in [5.74, 6) is -0.572. The molecule has 166 valence electrons. The summed E-state index contributed by atoms with van der Waals surface area (Å²) in [6.07, 6.45) is -5.66. The van der Waals surface area contributed by atoms with E-state index in [-0.39, 0.29) is 29.6 Å². The van der Waals surface area contributed by atoms with Crippen molar-refractivity contribution in [2.75, 3.05) is 32.1 Å². The van der Waals surface area contributed by atoms with Crippen LogP contribution in [-0.2, 0) is 4.79 Å². The van der Waals surface area contributed by atoms with E-state index in [1.165, 1.54) is 31.4 Å². The molecule has 0 aromatic heterocycles. The van der Waals surface area contributed by atoms with Gasteiger partial charge in [0.2, 0.25) is 0 Å². The van der Waals surface area contributed by atoms with Crippen molar-refractivity contribution < 1.29 is 32.2 Å². The standard InChI is InChI=1S/C21H22F3N3O4/c1-3-25-18(28)11-31-16-9-8-13(10-17(16)30-2)19-26-15-7-5-4-6-14(15)20(29)27(19)12-21(22,23)24/h4-10,19,26H,3,11-12H2,1-2H3,(H,25,28)/t19-/m0/s1. The SMILES string of the molecule is CCNC(=O)COc1ccc([C@H]2Nc3ccccc3C(=O)N2CC(F)(F)F)cc1OC. The van der Waals surface area contributed by atoms with Crippen molar-refractivity contribution in [3.8, 4) is 11.5 Å². The number of amides is 2. The van der Waals surface area contributed by atoms with E-state index < -0.39 is 24.8 Å². The first-order chi connectivity index (χ1) is 14.7. The Balaban J connectivity index is 1.93. The van der Waals surface area contributed by atoms with Crippen LogP contribution < -0.4 is 20.1 Å². The summed E-state index contributed by atoms with van der Waals surface area (Å²) in [4.78, 5) is 25.2. The monoisotopic (exact) mass is 437 g/mol. The summed E-state index contributed by atoms with van der Waals surface area (Å²) < 4.78 is 50.4. The van der Waals surface area contributed by atoms with E-state index in [9.17, 15) is 22.8 Å². The fraction of sp³-hybridized carbons (Fsp3) is 0.333. The molecule has 2 amide bonds. The third kappa shape index (κ3) is 5.19. The predicted molar refractivity (Wildman–Crippen MR) is 107 cm³/mol. The van der Waals surface area contributed by atoms with Gasteiger partial charge in [0.05, 0.1) is 12.7 Å². The minimum absolute atomic E-state index is 0.164. The highest BCUT2D eigenvalue weighted by molar-refractivity contribution is 6.01. The van der Waals surface area contributed by atoms with Gasteiger partial charge in [0.15, 0.2) is 18.1 Å². The van der Waals surface area contributed by atoms with Crippen LogP contribution in [0.3, 0.4) is 0 Å². The normalized spacial score (nSPS) is 15.7. The average Bonchev–Trinajstić information content (AvgIpc) is 2.73. The van der Waals surface area contributed by atoms with Crippen LogP contribution in [0.15, 0.2) is 42.5 Å². The van der Waals surface area contributed by atoms with Crippen LogP contribution in [0, 0.1) is 0 Å². The number of anilines is 1. The first kappa shape index (κ1) is 22.3. The molecule has 0 unspecified atom stereocenters. The van der Waals surface area contributed by atoms with Gasteiger partial charge in [0.1, 0.15) is 12.7 Å². The molecule has 0 radical (unpaired) electrons. The molecule has 0 saturated heterocycles. The second-order valence-corrected chi connectivity index (χ2v) is 6.79. The number of para-hydroxylation sites is 1. The van der Waals surface area contributed by atoms with Gasteiger partial charge < -0.3 is 25.0 Å². The third-order valence-corrected chi connectivity index (χ3v) is 4.61. The topological polar surface area (TPSA) is 79.9 Å². The van der Waals surface area contributed by atoms with Crippen molar-refractivity contribution in [2.24, 2.45) is 0 Å². The molecule has 0 bridgehead atoms. The van der Waals surface area contributed by atoms with Crippen molar-refractivity contribution in [1.29, 1.82) is 0 Å². The smallest absolute Gasteiger partial charge is 0.406 e. The number of alkyl halides is 3. The van der Waals surface area contributed by atoms with Gasteiger partial charge in [-0.15, -0.1) is 0 Å². The van der Waals surface area contributed by atoms with Gasteiger partial charge >= 0.3 is 6.18 Å². The van der Waals surface area contributed by atoms with E-state index in [0.717, 1.165) is 4.90 Å². The molecule has 1 aliphatic rings. The van der Waals surface area contributed by atoms with Crippen LogP contribution in [0.4, 0.5) is 18.9 Å². The Bertz CT molecular complexity index is 965. The van der Waals surface area contributed by atoms with Gasteiger partial charge in [-0.1, -0.05) is 18.2 Å². The predicted octanol–water partition coefficient (Wildman–Crippen LogP) is 3.34. The molecular formula is C21H22F3N3O4. The first-order valence-corrected chi connectivity index (χ1v) is 9.54. The second kappa shape index (κ2) is 9.15. The van der Waals surface area contributed by atoms with E-state index >= 15 is 0 Å². The molecule has 7 nitrogen and oxygen atoms in total. The summed E-state index contributed by atoms with van der Waals surface area (Å²) in [5.41, 5.74) is 0.970. The highest BCUT2D eigenvalue weighted by Crippen LogP contribution is 2.38. The fourth-order valence-corrected chi connectivity index (χ4v) is 3.28. The van der Waals surface area contributed by atoms with E-state index in [0.29, 0.717) is 17.8 Å². The summed E-state index contributed by atoms with van der Waals surface area (Å²) in [5, 5.41) is 5.59. The van der Waals surface area contributed by atoms with E-state index in [1.54, 1.807) is 25.1 Å². The molecule has 1 atom stereocenters. The van der Waals surface area contributed by atoms with Gasteiger partial charge in [-0.25, -0.2) is 0 Å². The maximum atomic E-state index is 13.2. The minimum Gasteiger partial charge on any atom is -0.493 e. The van der Waals surface area contributed by atoms with Crippen LogP contribution in [0.25, 0.3) is 0 Å². The van der Waals surface area contributed by atoms with Gasteiger partial charge in [-0.3, -0.25) is 9.59 Å². The van der Waals surface area contributed by atoms with Crippen LogP contribution in [0.1, 0.15) is 29.0 Å². The number of likely N-dealkylation sites (N-methyl/N-ethyl adjacent to an activating group) is 1. The molecule has 31 heavy (non-hydrogen) atoms. The van der Waals surface area contributed by atoms with E-state index in [1.807, 2.05) is 0 Å². The number of nitrogens with one attached hydrogen (secondary N) is 2. The lowest BCUT2D eigenvalue weighted by Gasteiger charge is -2.38. The highest BCUT2D eigenvalue weighted by atomic mass is 19.4. The fourth-order valence-electron chi connectivity index (χ4n) is 3.28. The number of hydrogen-bond donors (Lipinski definition) is 2. The molecule has 3 rings (SSSR count). The maximum Gasteiger partial charge on any atom is 0.406 e. The number of fused-ring (bicyclic) bond motifs is 1. The van der Waals surface area contributed by atoms with Gasteiger partial charge in [0.25, 0.3) is 11.8 Å². The number of carbonyl (C=O) groups excluding carboxylic acids is 2. The summed E-state index contributed by atoms with van der Waals surface area (Å²) >= 11 is 0. The van der Waals surface area contributed by atoms with Crippen molar-refractivity contribution >= 4 is 17.5 Å². The molecule has 1 aliphatic heterocycles. The Hall–Kier alpha value is -3.43. The molecule has 2 aromatic carbocycles. The Morgan fingerprint density at radius 1 is 1.19 bits per heavy atom. The lowest BCUT2D eigenvalue weighted by Crippen LogP contribution is -2.47. The molecule has 0 fully saturated rings. The zero-order chi connectivity index (χ0) is 22.6. The Kier molecular flexibility index (Phi) is 6.57. The summed E-state index contributed by atoms with van der Waals surface area (Å²) in [7, 11) is 1.38. The number of carbonyl (C=O) groups is 2. The molecule has 0 saturated carbocycles. The molecule has 2 N–H and O–H groups in total. The van der Waals surface area contributed by atoms with Crippen molar-refractivity contribution in [3.05, 3.63) is 53.6 Å². The largest absolute Gasteiger partial charge is 0.493 e. The molecule has 0 aliphatic carbocycles. The number of methoxy groups -OCH3 is 1. The number of hydrogen-bond acceptors (Lipinski definition) is 5. The summed E-state index contributed by atoms with van der Waals surface area (Å²) in [6, 6.07) is 10.9. The average molecular weight is 437 g/mol. The molecule has 0 spiro atoms. The van der Waals surface area contributed by atoms with Crippen LogP contribution in [0.5, 0.6) is 11.5 Å². The third-order valence-electron chi connectivity index (χ3n) is 4.61. The van der Waals surface area contributed by atoms with Crippen LogP contribution in [-0.4, -0.2) is 49.7 Å². The maximum absolute atomic E-state index is 13.2. The number of halogens is 3. The summed E-state index contributed by atoms with van der Waals surface area (Å²) in [6.45, 7) is 0.569. The van der Waals surface area contributed by atoms with Crippen molar-refractivity contribution in [3.63, 3.8) is 0 Å². The number of nitrogens with zero attached hydrogens (tertiary/aromatic N) is 1. The van der Waals surface area contributed by atoms with Gasteiger partial charge in [-0.05, 0) is 36.8 Å². The Labute approximate surface area is 177 Å². The quantitative estimate of drug-likeness (QED) is 0.695. The minimum atomic E-state index is -4.58. The Morgan fingerprint density at radius 3 is 2.61 bits per heavy atom. The number of rotatable bonds is 7. The second-order valence-electron chi connectivity index (χ2n) is 6.79. The van der Waals surface area contributed by atoms with Crippen molar-refractivity contribution in [1.82, 2.24) is 10.2 Å². The molecule has 10 heteroatoms. The van der Waals surface area contributed by atoms with Crippen LogP contribution >= 0.6 is 0 Å². The zero-order valence-corrected chi connectivity index (χ0v) is 17.0. The van der Waals surface area contributed by atoms with Gasteiger partial charge in [0, 0.05) is 12.2 Å². The highest BCUT2D eigenvalue weighted by Gasteiger charge is 2.40. The number of ether oxygens (including phenoxy) is 2. The van der Waals surface area contributed by atoms with E-state index in [2.05, 4.69) is 10.6 Å². The van der Waals surface area contributed by atoms with Gasteiger partial charge in [-0.2, -0.15) is 13.2 Å². The Morgan fingerprint density at radius 2 is 1.94 bits per heavy atom. The van der Waals surface area contributed by atoms with Crippen molar-refractivity contribution in [2.45, 2.75) is 19.3 Å². The lowest BCUT2D eigenvalue weighted by atomic mass is 10.0. The number of benzene rings is 2. The zero-order valence-electron chi connectivity index (χ0n) is 17.0. The molecular weight excluding hydrogens is 415 g/mol. The molecule has 2 aromatic rings. The molecule has 1 heterocycles. The lowest BCUT2D eigenvalue weighted by molar-refractivity contribution is -0.144.